The number of hydrogen-bond acceptors (Lipinski definition) is 3. The van der Waals surface area contributed by atoms with Gasteiger partial charge >= 0.3 is 8.80 Å². The molecular weight excluding hydrogens is 395 g/mol. The van der Waals surface area contributed by atoms with Crippen molar-refractivity contribution in [2.75, 3.05) is 26.0 Å². The molecule has 0 aliphatic heterocycles. The van der Waals surface area contributed by atoms with Crippen molar-refractivity contribution in [3.05, 3.63) is 60.7 Å². The monoisotopic (exact) mass is 432 g/mol. The maximum atomic E-state index is 5.97. The van der Waals surface area contributed by atoms with Crippen LogP contribution in [0.25, 0.3) is 0 Å². The van der Waals surface area contributed by atoms with Gasteiger partial charge in [-0.05, 0) is 58.3 Å². The van der Waals surface area contributed by atoms with E-state index < -0.39 is 8.80 Å². The maximum Gasteiger partial charge on any atom is 0.500 e. The normalized spacial score (nSPS) is 11.9. The molecule has 0 fully saturated rings. The Hall–Kier alpha value is -1.03. The van der Waals surface area contributed by atoms with Gasteiger partial charge in [0.25, 0.3) is 0 Å². The van der Waals surface area contributed by atoms with Crippen LogP contribution in [-0.4, -0.2) is 34.8 Å². The number of unbranched alkanes of at least 4 members (excludes halogenated alkanes) is 3. The highest BCUT2D eigenvalue weighted by molar-refractivity contribution is 7.73. The van der Waals surface area contributed by atoms with Gasteiger partial charge in [0.1, 0.15) is 0 Å². The summed E-state index contributed by atoms with van der Waals surface area (Å²) in [7, 11) is -2.76. The lowest BCUT2D eigenvalue weighted by molar-refractivity contribution is 0.0706. The maximum absolute atomic E-state index is 5.97. The van der Waals surface area contributed by atoms with Gasteiger partial charge in [-0.15, -0.1) is 0 Å². The van der Waals surface area contributed by atoms with Crippen molar-refractivity contribution in [2.24, 2.45) is 0 Å². The van der Waals surface area contributed by atoms with Gasteiger partial charge in [0.05, 0.1) is 0 Å². The standard InChI is InChI=1S/C24H37O3PSi/c1-4-25-29(26-5-2,27-6-3)22-16-8-7-15-21-28(23-17-11-9-12-18-23)24-19-13-10-14-20-24/h9-14,17-20H,4-8,15-16,21-22H2,1-3H3. The second-order valence-corrected chi connectivity index (χ2v) is 12.0. The molecule has 0 saturated heterocycles. The van der Waals surface area contributed by atoms with Crippen LogP contribution in [0.2, 0.25) is 6.04 Å². The van der Waals surface area contributed by atoms with Gasteiger partial charge < -0.3 is 13.3 Å². The van der Waals surface area contributed by atoms with E-state index in [9.17, 15) is 0 Å². The lowest BCUT2D eigenvalue weighted by Gasteiger charge is -2.28. The third-order valence-corrected chi connectivity index (χ3v) is 10.6. The summed E-state index contributed by atoms with van der Waals surface area (Å²) in [4.78, 5) is 0. The highest BCUT2D eigenvalue weighted by Gasteiger charge is 2.39. The zero-order valence-electron chi connectivity index (χ0n) is 18.3. The molecule has 0 spiro atoms. The lowest BCUT2D eigenvalue weighted by Crippen LogP contribution is -2.45. The van der Waals surface area contributed by atoms with E-state index in [0.717, 1.165) is 12.5 Å². The van der Waals surface area contributed by atoms with Crippen LogP contribution >= 0.6 is 7.92 Å². The summed E-state index contributed by atoms with van der Waals surface area (Å²) in [5.41, 5.74) is 0. The fourth-order valence-electron chi connectivity index (χ4n) is 3.59. The van der Waals surface area contributed by atoms with Gasteiger partial charge in [-0.3, -0.25) is 0 Å². The molecule has 160 valence electrons. The SMILES string of the molecule is CCO[Si](CCCCCCP(c1ccccc1)c1ccccc1)(OCC)OCC. The Labute approximate surface area is 179 Å². The average molecular weight is 433 g/mol. The number of benzene rings is 2. The Balaban J connectivity index is 1.84. The first-order chi connectivity index (χ1) is 14.2. The molecule has 0 heterocycles. The van der Waals surface area contributed by atoms with Crippen LogP contribution in [0.5, 0.6) is 0 Å². The first-order valence-corrected chi connectivity index (χ1v) is 14.5. The van der Waals surface area contributed by atoms with Crippen LogP contribution in [0.15, 0.2) is 60.7 Å². The van der Waals surface area contributed by atoms with Crippen LogP contribution in [-0.2, 0) is 13.3 Å². The molecular formula is C24H37O3PSi. The molecule has 0 bridgehead atoms. The average Bonchev–Trinajstić information content (AvgIpc) is 2.75. The minimum atomic E-state index is -2.48. The van der Waals surface area contributed by atoms with E-state index in [4.69, 9.17) is 13.3 Å². The topological polar surface area (TPSA) is 27.7 Å². The summed E-state index contributed by atoms with van der Waals surface area (Å²) in [6, 6.07) is 22.9. The fraction of sp³-hybridized carbons (Fsp3) is 0.500. The van der Waals surface area contributed by atoms with E-state index in [2.05, 4.69) is 60.7 Å². The number of rotatable bonds is 15. The molecule has 0 amide bonds. The van der Waals surface area contributed by atoms with Gasteiger partial charge in [0, 0.05) is 25.9 Å². The molecule has 0 aliphatic carbocycles. The van der Waals surface area contributed by atoms with E-state index in [0.29, 0.717) is 19.8 Å². The zero-order chi connectivity index (χ0) is 20.8. The molecule has 0 N–H and O–H groups in total. The van der Waals surface area contributed by atoms with Crippen LogP contribution < -0.4 is 10.6 Å². The molecule has 29 heavy (non-hydrogen) atoms. The Morgan fingerprint density at radius 1 is 0.621 bits per heavy atom. The van der Waals surface area contributed by atoms with Gasteiger partial charge in [-0.1, -0.05) is 73.5 Å². The van der Waals surface area contributed by atoms with Crippen molar-refractivity contribution in [1.82, 2.24) is 0 Å². The smallest absolute Gasteiger partial charge is 0.374 e. The second-order valence-electron chi connectivity index (χ2n) is 6.97. The Bertz CT molecular complexity index is 597. The molecule has 0 saturated carbocycles. The van der Waals surface area contributed by atoms with E-state index in [-0.39, 0.29) is 7.92 Å². The van der Waals surface area contributed by atoms with Crippen molar-refractivity contribution in [3.8, 4) is 0 Å². The van der Waals surface area contributed by atoms with Gasteiger partial charge in [0.15, 0.2) is 0 Å². The third kappa shape index (κ3) is 8.31. The predicted octanol–water partition coefficient (Wildman–Crippen LogP) is 5.73. The molecule has 2 rings (SSSR count). The second kappa shape index (κ2) is 14.1. The van der Waals surface area contributed by atoms with Crippen molar-refractivity contribution in [2.45, 2.75) is 52.5 Å². The fourth-order valence-corrected chi connectivity index (χ4v) is 8.69. The van der Waals surface area contributed by atoms with Crippen LogP contribution in [0, 0.1) is 0 Å². The first kappa shape index (κ1) is 24.2. The highest BCUT2D eigenvalue weighted by atomic mass is 31.1. The van der Waals surface area contributed by atoms with E-state index in [1.54, 1.807) is 0 Å². The van der Waals surface area contributed by atoms with Crippen molar-refractivity contribution in [1.29, 1.82) is 0 Å². The molecule has 2 aromatic carbocycles. The van der Waals surface area contributed by atoms with E-state index in [1.165, 1.54) is 36.0 Å². The zero-order valence-corrected chi connectivity index (χ0v) is 20.2. The van der Waals surface area contributed by atoms with Crippen molar-refractivity contribution < 1.29 is 13.3 Å². The minimum absolute atomic E-state index is 0.277. The molecule has 3 nitrogen and oxygen atoms in total. The molecule has 0 aliphatic rings. The Kier molecular flexibility index (Phi) is 11.7. The summed E-state index contributed by atoms with van der Waals surface area (Å²) < 4.78 is 17.9. The first-order valence-electron chi connectivity index (χ1n) is 11.0. The van der Waals surface area contributed by atoms with Crippen molar-refractivity contribution in [3.63, 3.8) is 0 Å². The summed E-state index contributed by atoms with van der Waals surface area (Å²) in [5.74, 6) is 0. The quantitative estimate of drug-likeness (QED) is 0.204. The van der Waals surface area contributed by atoms with Gasteiger partial charge in [0.2, 0.25) is 0 Å². The summed E-state index contributed by atoms with van der Waals surface area (Å²) in [6.45, 7) is 8.04. The number of hydrogen-bond donors (Lipinski definition) is 0. The predicted molar refractivity (Wildman–Crippen MR) is 128 cm³/mol. The lowest BCUT2D eigenvalue weighted by atomic mass is 10.2. The van der Waals surface area contributed by atoms with Crippen molar-refractivity contribution >= 4 is 27.3 Å². The summed E-state index contributed by atoms with van der Waals surface area (Å²) >= 11 is 0. The van der Waals surface area contributed by atoms with E-state index in [1.807, 2.05) is 20.8 Å². The molecule has 0 radical (unpaired) electrons. The third-order valence-electron chi connectivity index (χ3n) is 4.84. The minimum Gasteiger partial charge on any atom is -0.374 e. The Morgan fingerprint density at radius 2 is 1.07 bits per heavy atom. The Morgan fingerprint density at radius 3 is 1.52 bits per heavy atom. The molecule has 0 atom stereocenters. The van der Waals surface area contributed by atoms with Crippen LogP contribution in [0.4, 0.5) is 0 Å². The van der Waals surface area contributed by atoms with Gasteiger partial charge in [-0.2, -0.15) is 0 Å². The summed E-state index contributed by atoms with van der Waals surface area (Å²) in [5, 5.41) is 2.95. The van der Waals surface area contributed by atoms with Crippen LogP contribution in [0.1, 0.15) is 46.5 Å². The molecule has 5 heteroatoms. The van der Waals surface area contributed by atoms with Gasteiger partial charge in [-0.25, -0.2) is 0 Å². The van der Waals surface area contributed by atoms with Crippen LogP contribution in [0.3, 0.4) is 0 Å². The molecule has 0 unspecified atom stereocenters. The largest absolute Gasteiger partial charge is 0.500 e. The molecule has 2 aromatic rings. The van der Waals surface area contributed by atoms with E-state index >= 15 is 0 Å². The highest BCUT2D eigenvalue weighted by Crippen LogP contribution is 2.35. The molecule has 0 aromatic heterocycles. The summed E-state index contributed by atoms with van der Waals surface area (Å²) in [6.07, 6.45) is 6.05.